The Labute approximate surface area is 196 Å². The van der Waals surface area contributed by atoms with Gasteiger partial charge in [-0.05, 0) is 6.08 Å². The number of amides is 1. The second-order valence-electron chi connectivity index (χ2n) is 7.45. The van der Waals surface area contributed by atoms with Crippen molar-refractivity contribution in [3.05, 3.63) is 30.6 Å². The molecule has 2 unspecified atom stereocenters. The molecular formula is C20H20F3N7O5. The fourth-order valence-corrected chi connectivity index (χ4v) is 3.70. The number of cyclic esters (lactones) is 1. The van der Waals surface area contributed by atoms with Gasteiger partial charge in [-0.2, -0.15) is 18.2 Å². The van der Waals surface area contributed by atoms with Crippen LogP contribution in [0.15, 0.2) is 24.9 Å². The van der Waals surface area contributed by atoms with Crippen LogP contribution in [0.3, 0.4) is 0 Å². The number of alkyl halides is 3. The monoisotopic (exact) mass is 495 g/mol. The summed E-state index contributed by atoms with van der Waals surface area (Å²) in [5, 5.41) is 0. The van der Waals surface area contributed by atoms with Crippen LogP contribution in [0.4, 0.5) is 35.7 Å². The van der Waals surface area contributed by atoms with E-state index in [0.717, 1.165) is 11.1 Å². The topological polar surface area (TPSA) is 146 Å². The van der Waals surface area contributed by atoms with Crippen molar-refractivity contribution in [1.82, 2.24) is 19.9 Å². The first-order chi connectivity index (χ1) is 16.7. The first kappa shape index (κ1) is 24.1. The number of carbonyl (C=O) groups excluding carboxylic acids is 2. The Bertz CT molecular complexity index is 1130. The summed E-state index contributed by atoms with van der Waals surface area (Å²) >= 11 is 0. The summed E-state index contributed by atoms with van der Waals surface area (Å²) in [6.45, 7) is 4.97. The number of morpholine rings is 1. The fraction of sp³-hybridized carbons (Fsp3) is 0.400. The van der Waals surface area contributed by atoms with Gasteiger partial charge in [0.15, 0.2) is 5.69 Å². The lowest BCUT2D eigenvalue weighted by molar-refractivity contribution is -0.140. The molecule has 2 atom stereocenters. The second-order valence-corrected chi connectivity index (χ2v) is 7.45. The zero-order chi connectivity index (χ0) is 25.2. The van der Waals surface area contributed by atoms with Crippen molar-refractivity contribution in [1.29, 1.82) is 0 Å². The zero-order valence-corrected chi connectivity index (χ0v) is 18.1. The van der Waals surface area contributed by atoms with Crippen molar-refractivity contribution in [3.8, 4) is 11.3 Å². The normalized spacial score (nSPS) is 20.5. The summed E-state index contributed by atoms with van der Waals surface area (Å²) in [5.41, 5.74) is 3.44. The Morgan fingerprint density at radius 1 is 1.26 bits per heavy atom. The van der Waals surface area contributed by atoms with Gasteiger partial charge in [0.25, 0.3) is 6.47 Å². The molecule has 186 valence electrons. The van der Waals surface area contributed by atoms with Gasteiger partial charge in [0.1, 0.15) is 24.6 Å². The summed E-state index contributed by atoms with van der Waals surface area (Å²) < 4.78 is 56.7. The van der Waals surface area contributed by atoms with Crippen molar-refractivity contribution in [3.63, 3.8) is 0 Å². The van der Waals surface area contributed by atoms with E-state index < -0.39 is 41.6 Å². The maximum Gasteiger partial charge on any atom is 0.434 e. The van der Waals surface area contributed by atoms with Gasteiger partial charge in [-0.3, -0.25) is 9.69 Å². The Kier molecular flexibility index (Phi) is 6.68. The van der Waals surface area contributed by atoms with Crippen LogP contribution in [0.25, 0.3) is 11.3 Å². The van der Waals surface area contributed by atoms with Crippen LogP contribution < -0.4 is 15.5 Å². The quantitative estimate of drug-likeness (QED) is 0.440. The van der Waals surface area contributed by atoms with Gasteiger partial charge < -0.3 is 24.8 Å². The minimum absolute atomic E-state index is 0.0515. The van der Waals surface area contributed by atoms with Gasteiger partial charge in [0.2, 0.25) is 11.9 Å². The van der Waals surface area contributed by atoms with Crippen LogP contribution in [0.5, 0.6) is 0 Å². The number of nitrogens with two attached hydrogens (primary N) is 1. The SMILES string of the molecule is C=CC1OC(=O)N(c2cc(-c3cnc(N)nc3C(F)(F)F)nc(N3CCOCC3)n2)C1COC=O. The summed E-state index contributed by atoms with van der Waals surface area (Å²) in [7, 11) is 0. The molecule has 0 aromatic carbocycles. The molecule has 12 nitrogen and oxygen atoms in total. The summed E-state index contributed by atoms with van der Waals surface area (Å²) in [6, 6.07) is 0.310. The Morgan fingerprint density at radius 3 is 2.66 bits per heavy atom. The van der Waals surface area contributed by atoms with Crippen molar-refractivity contribution in [2.75, 3.05) is 48.4 Å². The van der Waals surface area contributed by atoms with Crippen molar-refractivity contribution in [2.24, 2.45) is 0 Å². The van der Waals surface area contributed by atoms with Crippen LogP contribution >= 0.6 is 0 Å². The molecule has 4 heterocycles. The average molecular weight is 495 g/mol. The molecule has 0 spiro atoms. The molecule has 2 aliphatic rings. The van der Waals surface area contributed by atoms with E-state index in [1.54, 1.807) is 4.90 Å². The third-order valence-corrected chi connectivity index (χ3v) is 5.31. The van der Waals surface area contributed by atoms with E-state index in [2.05, 4.69) is 26.5 Å². The van der Waals surface area contributed by atoms with Gasteiger partial charge in [-0.25, -0.2) is 19.7 Å². The molecule has 0 bridgehead atoms. The first-order valence-corrected chi connectivity index (χ1v) is 10.3. The lowest BCUT2D eigenvalue weighted by Crippen LogP contribution is -2.41. The van der Waals surface area contributed by atoms with Gasteiger partial charge in [-0.1, -0.05) is 6.58 Å². The number of hydrogen-bond acceptors (Lipinski definition) is 11. The molecule has 2 N–H and O–H groups in total. The molecule has 0 radical (unpaired) electrons. The standard InChI is InChI=1S/C20H20F3N7O5/c1-2-14-13(9-34-10-31)30(19(32)35-14)15-7-12(26-18(27-15)29-3-5-33-6-4-29)11-8-25-17(24)28-16(11)20(21,22)23/h2,7-8,10,13-14H,1,3-6,9H2,(H2,24,25,28). The summed E-state index contributed by atoms with van der Waals surface area (Å²) in [6.07, 6.45) is -4.33. The molecule has 1 amide bonds. The molecule has 35 heavy (non-hydrogen) atoms. The smallest absolute Gasteiger partial charge is 0.434 e. The van der Waals surface area contributed by atoms with Gasteiger partial charge in [-0.15, -0.1) is 0 Å². The highest BCUT2D eigenvalue weighted by Crippen LogP contribution is 2.37. The van der Waals surface area contributed by atoms with E-state index in [1.165, 1.54) is 12.1 Å². The third kappa shape index (κ3) is 4.94. The van der Waals surface area contributed by atoms with E-state index in [4.69, 9.17) is 19.9 Å². The van der Waals surface area contributed by atoms with Gasteiger partial charge in [0.05, 0.1) is 18.9 Å². The molecule has 0 saturated carbocycles. The zero-order valence-electron chi connectivity index (χ0n) is 18.1. The molecule has 0 aliphatic carbocycles. The largest absolute Gasteiger partial charge is 0.466 e. The average Bonchev–Trinajstić information content (AvgIpc) is 3.17. The highest BCUT2D eigenvalue weighted by Gasteiger charge is 2.43. The fourth-order valence-electron chi connectivity index (χ4n) is 3.70. The second kappa shape index (κ2) is 9.69. The molecule has 2 aliphatic heterocycles. The minimum Gasteiger partial charge on any atom is -0.466 e. The highest BCUT2D eigenvalue weighted by atomic mass is 19.4. The van der Waals surface area contributed by atoms with E-state index in [1.807, 2.05) is 0 Å². The molecule has 4 rings (SSSR count). The van der Waals surface area contributed by atoms with Crippen LogP contribution in [-0.2, 0) is 25.2 Å². The maximum atomic E-state index is 13.8. The lowest BCUT2D eigenvalue weighted by Gasteiger charge is -2.29. The van der Waals surface area contributed by atoms with Crippen LogP contribution in [0.2, 0.25) is 0 Å². The van der Waals surface area contributed by atoms with Crippen LogP contribution in [0.1, 0.15) is 5.69 Å². The third-order valence-electron chi connectivity index (χ3n) is 5.31. The number of ether oxygens (including phenoxy) is 3. The molecule has 2 aromatic heterocycles. The number of halogens is 3. The molecule has 2 fully saturated rings. The predicted octanol–water partition coefficient (Wildman–Crippen LogP) is 1.42. The molecular weight excluding hydrogens is 475 g/mol. The van der Waals surface area contributed by atoms with E-state index >= 15 is 0 Å². The van der Waals surface area contributed by atoms with E-state index in [-0.39, 0.29) is 30.5 Å². The number of aromatic nitrogens is 4. The Morgan fingerprint density at radius 2 is 2.00 bits per heavy atom. The number of anilines is 3. The van der Waals surface area contributed by atoms with Crippen LogP contribution in [0, 0.1) is 0 Å². The number of hydrogen-bond donors (Lipinski definition) is 1. The van der Waals surface area contributed by atoms with Gasteiger partial charge in [0, 0.05) is 30.9 Å². The maximum absolute atomic E-state index is 13.8. The highest BCUT2D eigenvalue weighted by molar-refractivity contribution is 5.91. The van der Waals surface area contributed by atoms with Crippen LogP contribution in [-0.4, -0.2) is 77.6 Å². The van der Waals surface area contributed by atoms with Crippen molar-refractivity contribution in [2.45, 2.75) is 18.3 Å². The van der Waals surface area contributed by atoms with E-state index in [9.17, 15) is 22.8 Å². The van der Waals surface area contributed by atoms with Crippen molar-refractivity contribution >= 4 is 30.3 Å². The summed E-state index contributed by atoms with van der Waals surface area (Å²) in [4.78, 5) is 42.0. The summed E-state index contributed by atoms with van der Waals surface area (Å²) in [5.74, 6) is -0.585. The van der Waals surface area contributed by atoms with E-state index in [0.29, 0.717) is 26.3 Å². The van der Waals surface area contributed by atoms with Crippen molar-refractivity contribution < 1.29 is 37.0 Å². The molecule has 2 saturated heterocycles. The number of nitrogens with zero attached hydrogens (tertiary/aromatic N) is 6. The lowest BCUT2D eigenvalue weighted by atomic mass is 10.1. The Balaban J connectivity index is 1.87. The first-order valence-electron chi connectivity index (χ1n) is 10.3. The molecule has 2 aromatic rings. The molecule has 15 heteroatoms. The minimum atomic E-state index is -4.86. The number of nitrogen functional groups attached to an aromatic ring is 1. The number of carbonyl (C=O) groups is 2. The van der Waals surface area contributed by atoms with Gasteiger partial charge >= 0.3 is 12.3 Å². The predicted molar refractivity (Wildman–Crippen MR) is 114 cm³/mol. The number of rotatable bonds is 7. The Hall–Kier alpha value is -4.01.